The SMILES string of the molecule is CC(=O)O/C=C1/C(=O)N(C(C)=O)C2c3ccccc3CC12. The van der Waals surface area contributed by atoms with Crippen LogP contribution in [0.1, 0.15) is 31.0 Å². The third kappa shape index (κ3) is 2.05. The van der Waals surface area contributed by atoms with Crippen LogP contribution in [0.15, 0.2) is 36.1 Å². The molecule has 5 nitrogen and oxygen atoms in total. The van der Waals surface area contributed by atoms with Gasteiger partial charge >= 0.3 is 5.97 Å². The molecule has 3 rings (SSSR count). The summed E-state index contributed by atoms with van der Waals surface area (Å²) >= 11 is 0. The van der Waals surface area contributed by atoms with Gasteiger partial charge in [0.25, 0.3) is 5.91 Å². The van der Waals surface area contributed by atoms with Crippen LogP contribution in [-0.2, 0) is 25.5 Å². The van der Waals surface area contributed by atoms with Crippen molar-refractivity contribution in [2.24, 2.45) is 5.92 Å². The van der Waals surface area contributed by atoms with E-state index >= 15 is 0 Å². The first kappa shape index (κ1) is 13.5. The molecule has 0 bridgehead atoms. The number of carbonyl (C=O) groups excluding carboxylic acids is 3. The molecular formula is C16H15NO4. The van der Waals surface area contributed by atoms with Crippen molar-refractivity contribution in [3.63, 3.8) is 0 Å². The number of imide groups is 1. The number of benzene rings is 1. The Hall–Kier alpha value is -2.43. The summed E-state index contributed by atoms with van der Waals surface area (Å²) in [4.78, 5) is 36.5. The third-order valence-electron chi connectivity index (χ3n) is 4.03. The maximum atomic E-state index is 12.4. The first-order chi connectivity index (χ1) is 10.0. The van der Waals surface area contributed by atoms with Gasteiger partial charge in [-0.1, -0.05) is 24.3 Å². The van der Waals surface area contributed by atoms with Crippen LogP contribution in [-0.4, -0.2) is 22.7 Å². The molecule has 21 heavy (non-hydrogen) atoms. The number of nitrogens with zero attached hydrogens (tertiary/aromatic N) is 1. The fraction of sp³-hybridized carbons (Fsp3) is 0.312. The molecule has 2 atom stereocenters. The summed E-state index contributed by atoms with van der Waals surface area (Å²) in [5.41, 5.74) is 2.51. The topological polar surface area (TPSA) is 63.7 Å². The molecule has 1 aliphatic carbocycles. The summed E-state index contributed by atoms with van der Waals surface area (Å²) in [6.07, 6.45) is 1.88. The fourth-order valence-corrected chi connectivity index (χ4v) is 3.22. The Morgan fingerprint density at radius 1 is 1.29 bits per heavy atom. The Morgan fingerprint density at radius 2 is 2.00 bits per heavy atom. The lowest BCUT2D eigenvalue weighted by Gasteiger charge is -2.20. The fourth-order valence-electron chi connectivity index (χ4n) is 3.22. The molecule has 0 saturated carbocycles. The predicted octanol–water partition coefficient (Wildman–Crippen LogP) is 1.74. The number of likely N-dealkylation sites (tertiary alicyclic amines) is 1. The number of hydrogen-bond acceptors (Lipinski definition) is 4. The molecule has 1 heterocycles. The first-order valence-electron chi connectivity index (χ1n) is 6.80. The second-order valence-electron chi connectivity index (χ2n) is 5.33. The van der Waals surface area contributed by atoms with Crippen LogP contribution < -0.4 is 0 Å². The molecule has 1 saturated heterocycles. The quantitative estimate of drug-likeness (QED) is 0.448. The van der Waals surface area contributed by atoms with E-state index in [-0.39, 0.29) is 23.8 Å². The first-order valence-corrected chi connectivity index (χ1v) is 6.80. The minimum absolute atomic E-state index is 0.141. The lowest BCUT2D eigenvalue weighted by molar-refractivity contribution is -0.141. The van der Waals surface area contributed by atoms with E-state index in [1.807, 2.05) is 24.3 Å². The molecular weight excluding hydrogens is 270 g/mol. The maximum absolute atomic E-state index is 12.4. The Morgan fingerprint density at radius 3 is 2.67 bits per heavy atom. The Kier molecular flexibility index (Phi) is 3.12. The van der Waals surface area contributed by atoms with E-state index in [9.17, 15) is 14.4 Å². The van der Waals surface area contributed by atoms with Gasteiger partial charge in [0.1, 0.15) is 6.26 Å². The number of rotatable bonds is 1. The monoisotopic (exact) mass is 285 g/mol. The molecule has 2 aliphatic rings. The van der Waals surface area contributed by atoms with E-state index in [0.717, 1.165) is 11.1 Å². The summed E-state index contributed by atoms with van der Waals surface area (Å²) in [6.45, 7) is 2.66. The van der Waals surface area contributed by atoms with E-state index in [4.69, 9.17) is 4.74 Å². The highest BCUT2D eigenvalue weighted by atomic mass is 16.5. The van der Waals surface area contributed by atoms with Crippen molar-refractivity contribution in [3.05, 3.63) is 47.2 Å². The van der Waals surface area contributed by atoms with Crippen LogP contribution in [0.2, 0.25) is 0 Å². The van der Waals surface area contributed by atoms with Crippen molar-refractivity contribution in [3.8, 4) is 0 Å². The molecule has 0 spiro atoms. The van der Waals surface area contributed by atoms with Gasteiger partial charge in [0, 0.05) is 19.8 Å². The van der Waals surface area contributed by atoms with Gasteiger partial charge in [-0.2, -0.15) is 0 Å². The zero-order valence-electron chi connectivity index (χ0n) is 11.8. The van der Waals surface area contributed by atoms with Crippen LogP contribution in [0.3, 0.4) is 0 Å². The zero-order valence-corrected chi connectivity index (χ0v) is 11.8. The van der Waals surface area contributed by atoms with Crippen molar-refractivity contribution >= 4 is 17.8 Å². The van der Waals surface area contributed by atoms with E-state index in [0.29, 0.717) is 12.0 Å². The van der Waals surface area contributed by atoms with Gasteiger partial charge in [-0.3, -0.25) is 19.3 Å². The van der Waals surface area contributed by atoms with Crippen LogP contribution >= 0.6 is 0 Å². The molecule has 1 aromatic rings. The summed E-state index contributed by atoms with van der Waals surface area (Å²) < 4.78 is 4.87. The third-order valence-corrected chi connectivity index (χ3v) is 4.03. The Balaban J connectivity index is 2.06. The molecule has 0 N–H and O–H groups in total. The zero-order chi connectivity index (χ0) is 15.1. The van der Waals surface area contributed by atoms with Gasteiger partial charge in [-0.05, 0) is 17.5 Å². The van der Waals surface area contributed by atoms with E-state index in [2.05, 4.69) is 0 Å². The molecule has 1 aliphatic heterocycles. The number of esters is 1. The largest absolute Gasteiger partial charge is 0.434 e. The minimum Gasteiger partial charge on any atom is -0.434 e. The highest BCUT2D eigenvalue weighted by molar-refractivity contribution is 6.07. The molecule has 0 aromatic heterocycles. The number of carbonyl (C=O) groups is 3. The van der Waals surface area contributed by atoms with Crippen LogP contribution in [0.4, 0.5) is 0 Å². The molecule has 1 aromatic carbocycles. The summed E-state index contributed by atoms with van der Waals surface area (Å²) in [6, 6.07) is 7.50. The normalized spacial score (nSPS) is 25.0. The lowest BCUT2D eigenvalue weighted by Crippen LogP contribution is -2.32. The average Bonchev–Trinajstić information content (AvgIpc) is 2.90. The van der Waals surface area contributed by atoms with Crippen molar-refractivity contribution in [1.29, 1.82) is 0 Å². The van der Waals surface area contributed by atoms with E-state index in [1.54, 1.807) is 0 Å². The van der Waals surface area contributed by atoms with Crippen molar-refractivity contribution < 1.29 is 19.1 Å². The highest BCUT2D eigenvalue weighted by Gasteiger charge is 2.50. The van der Waals surface area contributed by atoms with E-state index in [1.165, 1.54) is 25.0 Å². The standard InChI is InChI=1S/C16H15NO4/c1-9(18)17-15-12-6-4-3-5-11(12)7-13(15)14(16(17)20)8-21-10(2)19/h3-6,8,13,15H,7H2,1-2H3/b14-8+. The highest BCUT2D eigenvalue weighted by Crippen LogP contribution is 2.49. The van der Waals surface area contributed by atoms with Crippen LogP contribution in [0.25, 0.3) is 0 Å². The number of fused-ring (bicyclic) bond motifs is 3. The second kappa shape index (κ2) is 4.84. The number of ether oxygens (including phenoxy) is 1. The molecule has 108 valence electrons. The smallest absolute Gasteiger partial charge is 0.307 e. The summed E-state index contributed by atoms with van der Waals surface area (Å²) in [7, 11) is 0. The number of amides is 2. The summed E-state index contributed by atoms with van der Waals surface area (Å²) in [5.74, 6) is -1.28. The molecule has 0 radical (unpaired) electrons. The Labute approximate surface area is 122 Å². The Bertz CT molecular complexity index is 677. The average molecular weight is 285 g/mol. The number of hydrogen-bond donors (Lipinski definition) is 0. The van der Waals surface area contributed by atoms with Crippen molar-refractivity contribution in [2.75, 3.05) is 0 Å². The minimum atomic E-state index is -0.483. The maximum Gasteiger partial charge on any atom is 0.307 e. The molecule has 2 amide bonds. The van der Waals surface area contributed by atoms with Gasteiger partial charge in [0.15, 0.2) is 0 Å². The lowest BCUT2D eigenvalue weighted by atomic mass is 9.97. The summed E-state index contributed by atoms with van der Waals surface area (Å²) in [5, 5.41) is 0. The van der Waals surface area contributed by atoms with Gasteiger partial charge in [0.05, 0.1) is 11.6 Å². The van der Waals surface area contributed by atoms with Gasteiger partial charge in [0.2, 0.25) is 5.91 Å². The van der Waals surface area contributed by atoms with Gasteiger partial charge < -0.3 is 4.74 Å². The van der Waals surface area contributed by atoms with E-state index < -0.39 is 5.97 Å². The van der Waals surface area contributed by atoms with Crippen LogP contribution in [0, 0.1) is 5.92 Å². The second-order valence-corrected chi connectivity index (χ2v) is 5.33. The van der Waals surface area contributed by atoms with Crippen LogP contribution in [0.5, 0.6) is 0 Å². The molecule has 2 unspecified atom stereocenters. The molecule has 1 fully saturated rings. The van der Waals surface area contributed by atoms with Crippen molar-refractivity contribution in [1.82, 2.24) is 4.90 Å². The molecule has 5 heteroatoms. The predicted molar refractivity (Wildman–Crippen MR) is 73.8 cm³/mol. The van der Waals surface area contributed by atoms with Crippen molar-refractivity contribution in [2.45, 2.75) is 26.3 Å². The van der Waals surface area contributed by atoms with Gasteiger partial charge in [-0.15, -0.1) is 0 Å². The van der Waals surface area contributed by atoms with Gasteiger partial charge in [-0.25, -0.2) is 0 Å².